The van der Waals surface area contributed by atoms with Crippen molar-refractivity contribution in [2.75, 3.05) is 30.4 Å². The number of rotatable bonds is 5. The average molecular weight is 334 g/mol. The second-order valence-electron chi connectivity index (χ2n) is 5.18. The molecular formula is C17H16F2N2O3. The van der Waals surface area contributed by atoms with E-state index in [-0.39, 0.29) is 6.42 Å². The van der Waals surface area contributed by atoms with Crippen LogP contribution in [0.2, 0.25) is 0 Å². The van der Waals surface area contributed by atoms with Gasteiger partial charge in [-0.2, -0.15) is 0 Å². The van der Waals surface area contributed by atoms with Gasteiger partial charge >= 0.3 is 0 Å². The Hall–Kier alpha value is -2.83. The van der Waals surface area contributed by atoms with Crippen LogP contribution in [0.4, 0.5) is 20.2 Å². The minimum atomic E-state index is -0.803. The number of hydrogen-bond donors (Lipinski definition) is 2. The zero-order valence-corrected chi connectivity index (χ0v) is 12.8. The molecule has 0 aromatic heterocycles. The van der Waals surface area contributed by atoms with E-state index in [1.165, 1.54) is 6.07 Å². The number of para-hydroxylation sites is 1. The molecule has 5 nitrogen and oxygen atoms in total. The predicted molar refractivity (Wildman–Crippen MR) is 85.5 cm³/mol. The number of nitrogens with one attached hydrogen (secondary N) is 2. The molecular weight excluding hydrogens is 318 g/mol. The highest BCUT2D eigenvalue weighted by atomic mass is 19.1. The molecule has 24 heavy (non-hydrogen) atoms. The third-order valence-corrected chi connectivity index (χ3v) is 3.45. The van der Waals surface area contributed by atoms with E-state index in [2.05, 4.69) is 10.6 Å². The summed E-state index contributed by atoms with van der Waals surface area (Å²) >= 11 is 0. The summed E-state index contributed by atoms with van der Waals surface area (Å²) in [4.78, 5) is 11.8. The van der Waals surface area contributed by atoms with Gasteiger partial charge in [-0.15, -0.1) is 0 Å². The van der Waals surface area contributed by atoms with Gasteiger partial charge in [0.25, 0.3) is 0 Å². The molecule has 2 aromatic rings. The van der Waals surface area contributed by atoms with E-state index in [0.717, 1.165) is 17.8 Å². The van der Waals surface area contributed by atoms with Gasteiger partial charge in [-0.1, -0.05) is 6.07 Å². The first kappa shape index (κ1) is 16.0. The maximum absolute atomic E-state index is 13.5. The molecule has 0 saturated heterocycles. The van der Waals surface area contributed by atoms with Gasteiger partial charge in [0.2, 0.25) is 5.91 Å². The lowest BCUT2D eigenvalue weighted by Crippen LogP contribution is -2.18. The van der Waals surface area contributed by atoms with Crippen LogP contribution in [0, 0.1) is 11.6 Å². The minimum absolute atomic E-state index is 0.0578. The summed E-state index contributed by atoms with van der Waals surface area (Å²) in [5.41, 5.74) is 0.339. The molecule has 1 aliphatic heterocycles. The van der Waals surface area contributed by atoms with Crippen LogP contribution in [0.1, 0.15) is 6.42 Å². The quantitative estimate of drug-likeness (QED) is 0.882. The largest absolute Gasteiger partial charge is 0.486 e. The minimum Gasteiger partial charge on any atom is -0.486 e. The van der Waals surface area contributed by atoms with Crippen molar-refractivity contribution < 1.29 is 23.0 Å². The second kappa shape index (κ2) is 7.16. The van der Waals surface area contributed by atoms with Gasteiger partial charge in [0, 0.05) is 24.7 Å². The van der Waals surface area contributed by atoms with E-state index in [0.29, 0.717) is 31.3 Å². The SMILES string of the molecule is O=C(CCNc1ccc2c(c1)OCCO2)Nc1c(F)cccc1F. The lowest BCUT2D eigenvalue weighted by molar-refractivity contribution is -0.116. The molecule has 1 heterocycles. The van der Waals surface area contributed by atoms with Gasteiger partial charge in [0.15, 0.2) is 11.5 Å². The number of halogens is 2. The van der Waals surface area contributed by atoms with Crippen molar-refractivity contribution in [3.05, 3.63) is 48.0 Å². The molecule has 2 N–H and O–H groups in total. The van der Waals surface area contributed by atoms with Crippen molar-refractivity contribution >= 4 is 17.3 Å². The predicted octanol–water partition coefficient (Wildman–Crippen LogP) is 3.18. The average Bonchev–Trinajstić information content (AvgIpc) is 2.58. The highest BCUT2D eigenvalue weighted by Crippen LogP contribution is 2.32. The van der Waals surface area contributed by atoms with Gasteiger partial charge < -0.3 is 20.1 Å². The topological polar surface area (TPSA) is 59.6 Å². The third-order valence-electron chi connectivity index (χ3n) is 3.45. The zero-order chi connectivity index (χ0) is 16.9. The Balaban J connectivity index is 1.52. The fourth-order valence-corrected chi connectivity index (χ4v) is 2.29. The molecule has 3 rings (SSSR count). The molecule has 0 aliphatic carbocycles. The molecule has 0 fully saturated rings. The fraction of sp³-hybridized carbons (Fsp3) is 0.235. The van der Waals surface area contributed by atoms with Crippen LogP contribution in [-0.4, -0.2) is 25.7 Å². The molecule has 1 amide bonds. The summed E-state index contributed by atoms with van der Waals surface area (Å²) in [5.74, 6) is -0.765. The van der Waals surface area contributed by atoms with E-state index in [9.17, 15) is 13.6 Å². The van der Waals surface area contributed by atoms with Gasteiger partial charge in [-0.25, -0.2) is 8.78 Å². The van der Waals surface area contributed by atoms with E-state index in [4.69, 9.17) is 9.47 Å². The monoisotopic (exact) mass is 334 g/mol. The highest BCUT2D eigenvalue weighted by Gasteiger charge is 2.13. The molecule has 126 valence electrons. The van der Waals surface area contributed by atoms with Crippen molar-refractivity contribution in [1.82, 2.24) is 0 Å². The molecule has 0 bridgehead atoms. The maximum Gasteiger partial charge on any atom is 0.226 e. The Kier molecular flexibility index (Phi) is 4.79. The molecule has 1 aliphatic rings. The molecule has 2 aromatic carbocycles. The van der Waals surface area contributed by atoms with Crippen LogP contribution in [0.3, 0.4) is 0 Å². The summed E-state index contributed by atoms with van der Waals surface area (Å²) in [6, 6.07) is 8.79. The van der Waals surface area contributed by atoms with Crippen LogP contribution in [0.5, 0.6) is 11.5 Å². The van der Waals surface area contributed by atoms with Gasteiger partial charge in [0.1, 0.15) is 30.5 Å². The van der Waals surface area contributed by atoms with Crippen LogP contribution < -0.4 is 20.1 Å². The number of fused-ring (bicyclic) bond motifs is 1. The number of benzene rings is 2. The van der Waals surface area contributed by atoms with Crippen LogP contribution in [0.25, 0.3) is 0 Å². The zero-order valence-electron chi connectivity index (χ0n) is 12.8. The lowest BCUT2D eigenvalue weighted by Gasteiger charge is -2.19. The lowest BCUT2D eigenvalue weighted by atomic mass is 10.2. The summed E-state index contributed by atoms with van der Waals surface area (Å²) in [5, 5.41) is 5.30. The molecule has 0 unspecified atom stereocenters. The number of amides is 1. The Morgan fingerprint density at radius 3 is 2.50 bits per heavy atom. The maximum atomic E-state index is 13.5. The first-order valence-electron chi connectivity index (χ1n) is 7.51. The van der Waals surface area contributed by atoms with E-state index < -0.39 is 23.2 Å². The molecule has 0 atom stereocenters. The van der Waals surface area contributed by atoms with Crippen molar-refractivity contribution in [1.29, 1.82) is 0 Å². The summed E-state index contributed by atoms with van der Waals surface area (Å²) in [6.45, 7) is 1.32. The van der Waals surface area contributed by atoms with Gasteiger partial charge in [0.05, 0.1) is 0 Å². The Labute approximate surface area is 137 Å². The van der Waals surface area contributed by atoms with E-state index in [1.807, 2.05) is 6.07 Å². The van der Waals surface area contributed by atoms with Gasteiger partial charge in [-0.3, -0.25) is 4.79 Å². The Bertz CT molecular complexity index is 732. The number of hydrogen-bond acceptors (Lipinski definition) is 4. The van der Waals surface area contributed by atoms with Crippen molar-refractivity contribution in [2.24, 2.45) is 0 Å². The summed E-state index contributed by atoms with van der Waals surface area (Å²) in [7, 11) is 0. The molecule has 0 radical (unpaired) electrons. The summed E-state index contributed by atoms with van der Waals surface area (Å²) in [6.07, 6.45) is 0.0578. The number of ether oxygens (including phenoxy) is 2. The Morgan fingerprint density at radius 1 is 1.04 bits per heavy atom. The van der Waals surface area contributed by atoms with E-state index in [1.54, 1.807) is 12.1 Å². The molecule has 0 spiro atoms. The van der Waals surface area contributed by atoms with Crippen LogP contribution in [-0.2, 0) is 4.79 Å². The number of anilines is 2. The first-order valence-corrected chi connectivity index (χ1v) is 7.51. The van der Waals surface area contributed by atoms with Crippen molar-refractivity contribution in [3.8, 4) is 11.5 Å². The van der Waals surface area contributed by atoms with E-state index >= 15 is 0 Å². The first-order chi connectivity index (χ1) is 11.6. The molecule has 0 saturated carbocycles. The van der Waals surface area contributed by atoms with Crippen LogP contribution in [0.15, 0.2) is 36.4 Å². The highest BCUT2D eigenvalue weighted by molar-refractivity contribution is 5.91. The van der Waals surface area contributed by atoms with Crippen LogP contribution >= 0.6 is 0 Å². The van der Waals surface area contributed by atoms with Crippen molar-refractivity contribution in [3.63, 3.8) is 0 Å². The van der Waals surface area contributed by atoms with Gasteiger partial charge in [-0.05, 0) is 24.3 Å². The number of carbonyl (C=O) groups is 1. The summed E-state index contributed by atoms with van der Waals surface area (Å²) < 4.78 is 37.8. The van der Waals surface area contributed by atoms with Crippen molar-refractivity contribution in [2.45, 2.75) is 6.42 Å². The fourth-order valence-electron chi connectivity index (χ4n) is 2.29. The Morgan fingerprint density at radius 2 is 1.75 bits per heavy atom. The normalized spacial score (nSPS) is 12.6. The standard InChI is InChI=1S/C17H16F2N2O3/c18-12-2-1-3-13(19)17(12)21-16(22)6-7-20-11-4-5-14-15(10-11)24-9-8-23-14/h1-5,10,20H,6-9H2,(H,21,22). The smallest absolute Gasteiger partial charge is 0.226 e. The second-order valence-corrected chi connectivity index (χ2v) is 5.18. The third kappa shape index (κ3) is 3.73. The number of carbonyl (C=O) groups excluding carboxylic acids is 1. The molecule has 7 heteroatoms.